The highest BCUT2D eigenvalue weighted by Gasteiger charge is 2.16. The fourth-order valence-electron chi connectivity index (χ4n) is 2.63. The second-order valence-corrected chi connectivity index (χ2v) is 8.54. The fraction of sp³-hybridized carbons (Fsp3) is 0.0952. The second-order valence-electron chi connectivity index (χ2n) is 6.45. The van der Waals surface area contributed by atoms with Crippen molar-refractivity contribution in [3.05, 3.63) is 82.6 Å². The monoisotopic (exact) mass is 442 g/mol. The van der Waals surface area contributed by atoms with Crippen LogP contribution in [0.4, 0.5) is 11.6 Å². The number of aromatic nitrogens is 2. The first kappa shape index (κ1) is 21.5. The van der Waals surface area contributed by atoms with Gasteiger partial charge >= 0.3 is 0 Å². The Bertz CT molecular complexity index is 1190. The van der Waals surface area contributed by atoms with Gasteiger partial charge in [-0.05, 0) is 61.9 Å². The zero-order valence-electron chi connectivity index (χ0n) is 16.3. The van der Waals surface area contributed by atoms with E-state index in [0.717, 1.165) is 5.56 Å². The average molecular weight is 443 g/mol. The summed E-state index contributed by atoms with van der Waals surface area (Å²) in [6.45, 7) is 3.51. The summed E-state index contributed by atoms with van der Waals surface area (Å²) >= 11 is 6.05. The molecule has 0 saturated carbocycles. The number of aryl methyl sites for hydroxylation is 2. The van der Waals surface area contributed by atoms with Gasteiger partial charge in [-0.3, -0.25) is 4.79 Å². The molecule has 7 nitrogen and oxygen atoms in total. The third kappa shape index (κ3) is 5.65. The molecule has 2 N–H and O–H groups in total. The quantitative estimate of drug-likeness (QED) is 0.557. The predicted octanol–water partition coefficient (Wildman–Crippen LogP) is 4.20. The molecule has 1 amide bonds. The van der Waals surface area contributed by atoms with E-state index >= 15 is 0 Å². The van der Waals surface area contributed by atoms with Crippen molar-refractivity contribution in [2.24, 2.45) is 0 Å². The summed E-state index contributed by atoms with van der Waals surface area (Å²) in [5, 5.41) is 3.20. The second kappa shape index (κ2) is 9.06. The van der Waals surface area contributed by atoms with Crippen LogP contribution >= 0.6 is 11.6 Å². The third-order valence-electron chi connectivity index (χ3n) is 3.96. The van der Waals surface area contributed by atoms with Crippen LogP contribution in [0.15, 0.2) is 65.6 Å². The SMILES string of the molecule is Cc1cc(C)nc(NS(=O)(=O)c2ccc(NC(=O)/C=C/c3ccccc3Cl)cc2)n1. The van der Waals surface area contributed by atoms with Gasteiger partial charge in [0.2, 0.25) is 11.9 Å². The van der Waals surface area contributed by atoms with Crippen molar-refractivity contribution in [3.63, 3.8) is 0 Å². The maximum absolute atomic E-state index is 12.5. The number of sulfonamides is 1. The molecule has 1 aromatic heterocycles. The van der Waals surface area contributed by atoms with Gasteiger partial charge in [0, 0.05) is 28.2 Å². The lowest BCUT2D eigenvalue weighted by Crippen LogP contribution is -2.16. The largest absolute Gasteiger partial charge is 0.323 e. The smallest absolute Gasteiger partial charge is 0.264 e. The minimum atomic E-state index is -3.86. The molecule has 30 heavy (non-hydrogen) atoms. The van der Waals surface area contributed by atoms with Gasteiger partial charge in [0.1, 0.15) is 0 Å². The number of carbonyl (C=O) groups is 1. The van der Waals surface area contributed by atoms with Crippen molar-refractivity contribution in [3.8, 4) is 0 Å². The Morgan fingerprint density at radius 1 is 1.00 bits per heavy atom. The van der Waals surface area contributed by atoms with Crippen LogP contribution in [-0.2, 0) is 14.8 Å². The molecule has 0 aliphatic heterocycles. The third-order valence-corrected chi connectivity index (χ3v) is 5.65. The number of carbonyl (C=O) groups excluding carboxylic acids is 1. The minimum Gasteiger partial charge on any atom is -0.323 e. The van der Waals surface area contributed by atoms with E-state index in [1.54, 1.807) is 44.2 Å². The lowest BCUT2D eigenvalue weighted by Gasteiger charge is -2.09. The number of rotatable bonds is 6. The molecule has 0 atom stereocenters. The summed E-state index contributed by atoms with van der Waals surface area (Å²) in [6.07, 6.45) is 2.95. The van der Waals surface area contributed by atoms with Gasteiger partial charge in [0.15, 0.2) is 0 Å². The Morgan fingerprint density at radius 2 is 1.63 bits per heavy atom. The van der Waals surface area contributed by atoms with Gasteiger partial charge < -0.3 is 5.32 Å². The van der Waals surface area contributed by atoms with Gasteiger partial charge in [-0.25, -0.2) is 23.1 Å². The first-order chi connectivity index (χ1) is 14.2. The Kier molecular flexibility index (Phi) is 6.49. The Balaban J connectivity index is 1.68. The summed E-state index contributed by atoms with van der Waals surface area (Å²) < 4.78 is 27.5. The van der Waals surface area contributed by atoms with Crippen molar-refractivity contribution in [1.29, 1.82) is 0 Å². The highest BCUT2D eigenvalue weighted by molar-refractivity contribution is 7.92. The number of hydrogen-bond acceptors (Lipinski definition) is 5. The molecular formula is C21H19ClN4O3S. The van der Waals surface area contributed by atoms with Crippen LogP contribution in [0.2, 0.25) is 5.02 Å². The number of nitrogens with zero attached hydrogens (tertiary/aromatic N) is 2. The minimum absolute atomic E-state index is 0.00888. The molecule has 1 heterocycles. The summed E-state index contributed by atoms with van der Waals surface area (Å²) in [4.78, 5) is 20.3. The standard InChI is InChI=1S/C21H19ClN4O3S/c1-14-13-15(2)24-21(23-14)26-30(28,29)18-10-8-17(9-11-18)25-20(27)12-7-16-5-3-4-6-19(16)22/h3-13H,1-2H3,(H,25,27)(H,23,24,26)/b12-7+. The summed E-state index contributed by atoms with van der Waals surface area (Å²) in [5.41, 5.74) is 2.48. The number of nitrogens with one attached hydrogen (secondary N) is 2. The molecule has 2 aromatic carbocycles. The molecule has 0 aliphatic rings. The fourth-order valence-corrected chi connectivity index (χ4v) is 3.77. The van der Waals surface area contributed by atoms with Crippen molar-refractivity contribution in [1.82, 2.24) is 9.97 Å². The zero-order valence-corrected chi connectivity index (χ0v) is 17.8. The molecule has 0 aliphatic carbocycles. The molecule has 3 rings (SSSR count). The lowest BCUT2D eigenvalue weighted by molar-refractivity contribution is -0.111. The van der Waals surface area contributed by atoms with Gasteiger partial charge in [0.05, 0.1) is 4.90 Å². The van der Waals surface area contributed by atoms with E-state index in [4.69, 9.17) is 11.6 Å². The van der Waals surface area contributed by atoms with Crippen LogP contribution in [0.3, 0.4) is 0 Å². The van der Waals surface area contributed by atoms with Crippen LogP contribution in [0.5, 0.6) is 0 Å². The normalized spacial score (nSPS) is 11.4. The van der Waals surface area contributed by atoms with Crippen molar-refractivity contribution < 1.29 is 13.2 Å². The molecule has 0 bridgehead atoms. The van der Waals surface area contributed by atoms with Crippen molar-refractivity contribution in [2.45, 2.75) is 18.7 Å². The number of anilines is 2. The Hall–Kier alpha value is -3.23. The van der Waals surface area contributed by atoms with Gasteiger partial charge in [0.25, 0.3) is 10.0 Å². The van der Waals surface area contributed by atoms with Crippen LogP contribution in [0.25, 0.3) is 6.08 Å². The first-order valence-electron chi connectivity index (χ1n) is 8.92. The molecule has 9 heteroatoms. The van der Waals surface area contributed by atoms with E-state index in [-0.39, 0.29) is 16.8 Å². The molecular weight excluding hydrogens is 424 g/mol. The topological polar surface area (TPSA) is 101 Å². The van der Waals surface area contributed by atoms with E-state index in [9.17, 15) is 13.2 Å². The van der Waals surface area contributed by atoms with Crippen LogP contribution in [0, 0.1) is 13.8 Å². The molecule has 3 aromatic rings. The Morgan fingerprint density at radius 3 is 2.27 bits per heavy atom. The number of hydrogen-bond donors (Lipinski definition) is 2. The molecule has 0 saturated heterocycles. The van der Waals surface area contributed by atoms with Gasteiger partial charge in [-0.1, -0.05) is 29.8 Å². The summed E-state index contributed by atoms with van der Waals surface area (Å²) in [5.74, 6) is -0.359. The van der Waals surface area contributed by atoms with Crippen LogP contribution < -0.4 is 10.0 Å². The van der Waals surface area contributed by atoms with Crippen molar-refractivity contribution in [2.75, 3.05) is 10.0 Å². The highest BCUT2D eigenvalue weighted by atomic mass is 35.5. The molecule has 0 unspecified atom stereocenters. The van der Waals surface area contributed by atoms with Crippen molar-refractivity contribution >= 4 is 45.2 Å². The number of halogens is 1. The highest BCUT2D eigenvalue weighted by Crippen LogP contribution is 2.18. The summed E-state index contributed by atoms with van der Waals surface area (Å²) in [6, 6.07) is 14.7. The molecule has 154 valence electrons. The predicted molar refractivity (Wildman–Crippen MR) is 118 cm³/mol. The lowest BCUT2D eigenvalue weighted by atomic mass is 10.2. The van der Waals surface area contributed by atoms with Crippen LogP contribution in [-0.4, -0.2) is 24.3 Å². The summed E-state index contributed by atoms with van der Waals surface area (Å²) in [7, 11) is -3.86. The zero-order chi connectivity index (χ0) is 21.7. The van der Waals surface area contributed by atoms with E-state index in [0.29, 0.717) is 22.1 Å². The van der Waals surface area contributed by atoms with Gasteiger partial charge in [-0.15, -0.1) is 0 Å². The molecule has 0 spiro atoms. The number of amides is 1. The van der Waals surface area contributed by atoms with Gasteiger partial charge in [-0.2, -0.15) is 0 Å². The molecule has 0 fully saturated rings. The number of benzene rings is 2. The van der Waals surface area contributed by atoms with E-state index < -0.39 is 10.0 Å². The van der Waals surface area contributed by atoms with E-state index in [2.05, 4.69) is 20.0 Å². The van der Waals surface area contributed by atoms with E-state index in [1.165, 1.54) is 30.3 Å². The average Bonchev–Trinajstić information content (AvgIpc) is 2.66. The molecule has 0 radical (unpaired) electrons. The Labute approximate surface area is 179 Å². The maximum Gasteiger partial charge on any atom is 0.264 e. The van der Waals surface area contributed by atoms with E-state index in [1.807, 2.05) is 6.07 Å². The maximum atomic E-state index is 12.5. The first-order valence-corrected chi connectivity index (χ1v) is 10.8. The van der Waals surface area contributed by atoms with Crippen LogP contribution in [0.1, 0.15) is 17.0 Å².